The van der Waals surface area contributed by atoms with Gasteiger partial charge in [-0.25, -0.2) is 17.5 Å². The Morgan fingerprint density at radius 1 is 0.844 bits per heavy atom. The predicted octanol–water partition coefficient (Wildman–Crippen LogP) is 3.79. The number of benzene rings is 3. The van der Waals surface area contributed by atoms with E-state index in [1.807, 2.05) is 0 Å². The average molecular weight is 453 g/mol. The molecule has 0 aliphatic carbocycles. The van der Waals surface area contributed by atoms with Gasteiger partial charge in [-0.1, -0.05) is 24.3 Å². The summed E-state index contributed by atoms with van der Waals surface area (Å²) >= 11 is 0. The van der Waals surface area contributed by atoms with Crippen LogP contribution in [-0.2, 0) is 10.0 Å². The van der Waals surface area contributed by atoms with Gasteiger partial charge < -0.3 is 10.6 Å². The largest absolute Gasteiger partial charge is 0.322 e. The molecule has 0 atom stereocenters. The third-order valence-corrected chi connectivity index (χ3v) is 5.71. The highest BCUT2D eigenvalue weighted by Crippen LogP contribution is 2.17. The molecule has 0 fully saturated rings. The standard InChI is InChI=1S/C23H20FN3O4S/c1-2-12-25-32(30,31)21-11-4-7-17(14-21)23(29)26-19-9-3-6-16(13-19)22(28)27-20-10-5-8-18(24)15-20/h2-11,13-15,25H,1,12H2,(H,26,29)(H,27,28). The van der Waals surface area contributed by atoms with Crippen molar-refractivity contribution in [2.24, 2.45) is 0 Å². The van der Waals surface area contributed by atoms with Gasteiger partial charge in [0, 0.05) is 29.0 Å². The third-order valence-electron chi connectivity index (χ3n) is 4.29. The number of carbonyl (C=O) groups excluding carboxylic acids is 2. The summed E-state index contributed by atoms with van der Waals surface area (Å²) in [5, 5.41) is 5.22. The summed E-state index contributed by atoms with van der Waals surface area (Å²) in [6, 6.07) is 17.2. The van der Waals surface area contributed by atoms with Crippen LogP contribution in [0.1, 0.15) is 20.7 Å². The number of hydrogen-bond acceptors (Lipinski definition) is 4. The Bertz CT molecular complexity index is 1280. The minimum absolute atomic E-state index is 0.0588. The van der Waals surface area contributed by atoms with Gasteiger partial charge in [-0.15, -0.1) is 6.58 Å². The molecule has 0 bridgehead atoms. The first kappa shape index (κ1) is 22.9. The van der Waals surface area contributed by atoms with Crippen LogP contribution in [0.4, 0.5) is 15.8 Å². The van der Waals surface area contributed by atoms with Crippen molar-refractivity contribution in [3.63, 3.8) is 0 Å². The van der Waals surface area contributed by atoms with Gasteiger partial charge in [-0.3, -0.25) is 9.59 Å². The van der Waals surface area contributed by atoms with Gasteiger partial charge >= 0.3 is 0 Å². The van der Waals surface area contributed by atoms with Gasteiger partial charge in [-0.2, -0.15) is 0 Å². The summed E-state index contributed by atoms with van der Waals surface area (Å²) in [5.74, 6) is -1.51. The SMILES string of the molecule is C=CCNS(=O)(=O)c1cccc(C(=O)Nc2cccc(C(=O)Nc3cccc(F)c3)c2)c1. The number of amides is 2. The second-order valence-corrected chi connectivity index (χ2v) is 8.43. The Morgan fingerprint density at radius 2 is 1.41 bits per heavy atom. The average Bonchev–Trinajstić information content (AvgIpc) is 2.78. The normalized spacial score (nSPS) is 10.9. The molecule has 164 valence electrons. The van der Waals surface area contributed by atoms with Crippen LogP contribution in [0.3, 0.4) is 0 Å². The lowest BCUT2D eigenvalue weighted by atomic mass is 10.1. The molecule has 0 aliphatic heterocycles. The molecule has 0 spiro atoms. The highest BCUT2D eigenvalue weighted by atomic mass is 32.2. The number of anilines is 2. The molecule has 9 heteroatoms. The Hall–Kier alpha value is -3.82. The fourth-order valence-electron chi connectivity index (χ4n) is 2.77. The van der Waals surface area contributed by atoms with E-state index in [-0.39, 0.29) is 22.6 Å². The fourth-order valence-corrected chi connectivity index (χ4v) is 3.81. The van der Waals surface area contributed by atoms with Gasteiger partial charge in [0.25, 0.3) is 11.8 Å². The lowest BCUT2D eigenvalue weighted by molar-refractivity contribution is 0.101. The van der Waals surface area contributed by atoms with Crippen molar-refractivity contribution in [3.05, 3.63) is 102 Å². The number of rotatable bonds is 8. The molecule has 0 aliphatic rings. The first-order valence-corrected chi connectivity index (χ1v) is 11.0. The quantitative estimate of drug-likeness (QED) is 0.451. The molecule has 0 saturated carbocycles. The predicted molar refractivity (Wildman–Crippen MR) is 121 cm³/mol. The van der Waals surface area contributed by atoms with E-state index in [0.29, 0.717) is 11.4 Å². The highest BCUT2D eigenvalue weighted by Gasteiger charge is 2.16. The second-order valence-electron chi connectivity index (χ2n) is 6.67. The van der Waals surface area contributed by atoms with Gasteiger partial charge in [0.15, 0.2) is 0 Å². The zero-order valence-electron chi connectivity index (χ0n) is 16.8. The zero-order chi connectivity index (χ0) is 23.1. The summed E-state index contributed by atoms with van der Waals surface area (Å²) in [4.78, 5) is 25.0. The molecule has 3 rings (SSSR count). The van der Waals surface area contributed by atoms with E-state index in [1.165, 1.54) is 54.6 Å². The Labute approximate surface area is 185 Å². The van der Waals surface area contributed by atoms with Gasteiger partial charge in [0.05, 0.1) is 4.90 Å². The molecule has 32 heavy (non-hydrogen) atoms. The lowest BCUT2D eigenvalue weighted by Crippen LogP contribution is -2.24. The van der Waals surface area contributed by atoms with Crippen LogP contribution in [0.5, 0.6) is 0 Å². The topological polar surface area (TPSA) is 104 Å². The van der Waals surface area contributed by atoms with E-state index in [0.717, 1.165) is 0 Å². The maximum atomic E-state index is 13.3. The van der Waals surface area contributed by atoms with Gasteiger partial charge in [-0.05, 0) is 54.6 Å². The van der Waals surface area contributed by atoms with Gasteiger partial charge in [0.1, 0.15) is 5.82 Å². The van der Waals surface area contributed by atoms with Crippen LogP contribution < -0.4 is 15.4 Å². The van der Waals surface area contributed by atoms with Crippen LogP contribution in [0.2, 0.25) is 0 Å². The molecule has 0 saturated heterocycles. The maximum absolute atomic E-state index is 13.3. The second kappa shape index (κ2) is 9.99. The molecule has 0 heterocycles. The van der Waals surface area contributed by atoms with E-state index < -0.39 is 27.7 Å². The highest BCUT2D eigenvalue weighted by molar-refractivity contribution is 7.89. The van der Waals surface area contributed by atoms with Crippen molar-refractivity contribution in [2.45, 2.75) is 4.90 Å². The fraction of sp³-hybridized carbons (Fsp3) is 0.0435. The number of sulfonamides is 1. The van der Waals surface area contributed by atoms with Crippen molar-refractivity contribution < 1.29 is 22.4 Å². The summed E-state index contributed by atoms with van der Waals surface area (Å²) in [7, 11) is -3.78. The smallest absolute Gasteiger partial charge is 0.255 e. The van der Waals surface area contributed by atoms with Crippen LogP contribution in [0.15, 0.2) is 90.3 Å². The molecule has 0 aromatic heterocycles. The van der Waals surface area contributed by atoms with E-state index in [1.54, 1.807) is 24.3 Å². The Kier molecular flexibility index (Phi) is 7.14. The van der Waals surface area contributed by atoms with Gasteiger partial charge in [0.2, 0.25) is 10.0 Å². The Balaban J connectivity index is 1.74. The molecule has 3 aromatic carbocycles. The molecule has 3 N–H and O–H groups in total. The van der Waals surface area contributed by atoms with Crippen LogP contribution in [-0.4, -0.2) is 26.8 Å². The first-order chi connectivity index (χ1) is 15.3. The van der Waals surface area contributed by atoms with Crippen molar-refractivity contribution in [1.29, 1.82) is 0 Å². The summed E-state index contributed by atoms with van der Waals surface area (Å²) in [6.45, 7) is 3.52. The lowest BCUT2D eigenvalue weighted by Gasteiger charge is -2.10. The van der Waals surface area contributed by atoms with Crippen molar-refractivity contribution in [3.8, 4) is 0 Å². The summed E-state index contributed by atoms with van der Waals surface area (Å²) in [5.41, 5.74) is 1.01. The van der Waals surface area contributed by atoms with Crippen molar-refractivity contribution in [2.75, 3.05) is 17.2 Å². The van der Waals surface area contributed by atoms with E-state index in [9.17, 15) is 22.4 Å². The van der Waals surface area contributed by atoms with E-state index in [2.05, 4.69) is 21.9 Å². The molecular formula is C23H20FN3O4S. The third kappa shape index (κ3) is 5.87. The first-order valence-electron chi connectivity index (χ1n) is 9.47. The molecule has 0 radical (unpaired) electrons. The molecule has 2 amide bonds. The number of carbonyl (C=O) groups is 2. The van der Waals surface area contributed by atoms with Crippen molar-refractivity contribution in [1.82, 2.24) is 4.72 Å². The summed E-state index contributed by atoms with van der Waals surface area (Å²) < 4.78 is 40.2. The summed E-state index contributed by atoms with van der Waals surface area (Å²) in [6.07, 6.45) is 1.41. The molecule has 3 aromatic rings. The minimum atomic E-state index is -3.78. The number of hydrogen-bond donors (Lipinski definition) is 3. The van der Waals surface area contributed by atoms with Crippen LogP contribution >= 0.6 is 0 Å². The van der Waals surface area contributed by atoms with Crippen LogP contribution in [0.25, 0.3) is 0 Å². The molecule has 7 nitrogen and oxygen atoms in total. The monoisotopic (exact) mass is 453 g/mol. The zero-order valence-corrected chi connectivity index (χ0v) is 17.7. The van der Waals surface area contributed by atoms with Crippen molar-refractivity contribution >= 4 is 33.2 Å². The molecule has 0 unspecified atom stereocenters. The molecular weight excluding hydrogens is 433 g/mol. The maximum Gasteiger partial charge on any atom is 0.255 e. The number of nitrogens with one attached hydrogen (secondary N) is 3. The number of halogens is 1. The Morgan fingerprint density at radius 3 is 2.03 bits per heavy atom. The van der Waals surface area contributed by atoms with Crippen LogP contribution in [0, 0.1) is 5.82 Å². The van der Waals surface area contributed by atoms with E-state index in [4.69, 9.17) is 0 Å². The minimum Gasteiger partial charge on any atom is -0.322 e. The van der Waals surface area contributed by atoms with E-state index >= 15 is 0 Å².